The number of halogens is 1. The van der Waals surface area contributed by atoms with Gasteiger partial charge in [-0.05, 0) is 18.9 Å². The van der Waals surface area contributed by atoms with Gasteiger partial charge < -0.3 is 9.84 Å². The summed E-state index contributed by atoms with van der Waals surface area (Å²) in [6.45, 7) is 0.686. The largest absolute Gasteiger partial charge is 0.478 e. The van der Waals surface area contributed by atoms with E-state index >= 15 is 0 Å². The minimum Gasteiger partial charge on any atom is -0.478 e. The van der Waals surface area contributed by atoms with Gasteiger partial charge in [0.05, 0.1) is 10.6 Å². The zero-order chi connectivity index (χ0) is 12.7. The third kappa shape index (κ3) is 1.74. The van der Waals surface area contributed by atoms with E-state index in [9.17, 15) is 4.79 Å². The van der Waals surface area contributed by atoms with Crippen molar-refractivity contribution in [2.75, 3.05) is 6.61 Å². The van der Waals surface area contributed by atoms with Gasteiger partial charge in [0.25, 0.3) is 0 Å². The minimum atomic E-state index is -1.04. The lowest BCUT2D eigenvalue weighted by molar-refractivity contribution is 0.0696. The lowest BCUT2D eigenvalue weighted by Crippen LogP contribution is -2.05. The monoisotopic (exact) mass is 267 g/mol. The number of fused-ring (bicyclic) bond motifs is 1. The van der Waals surface area contributed by atoms with Crippen LogP contribution in [0.2, 0.25) is 5.02 Å². The predicted molar refractivity (Wildman–Crippen MR) is 62.9 cm³/mol. The Labute approximate surface area is 107 Å². The van der Waals surface area contributed by atoms with Crippen molar-refractivity contribution in [2.45, 2.75) is 18.9 Å². The highest BCUT2D eigenvalue weighted by Gasteiger charge is 2.24. The summed E-state index contributed by atoms with van der Waals surface area (Å²) < 4.78 is 7.13. The Morgan fingerprint density at radius 1 is 1.56 bits per heavy atom. The molecule has 2 aromatic rings. The fraction of sp³-hybridized carbons (Fsp3) is 0.364. The molecule has 1 saturated heterocycles. The Balaban J connectivity index is 2.18. The van der Waals surface area contributed by atoms with Crippen LogP contribution in [0.25, 0.3) is 5.65 Å². The van der Waals surface area contributed by atoms with E-state index in [0.29, 0.717) is 18.1 Å². The van der Waals surface area contributed by atoms with Crippen LogP contribution in [-0.4, -0.2) is 32.3 Å². The number of carbonyl (C=O) groups is 1. The summed E-state index contributed by atoms with van der Waals surface area (Å²) in [5.41, 5.74) is 0.554. The SMILES string of the molecule is O=C(O)c1cc(Cl)c2nnc(C3CCCO3)n2c1. The maximum atomic E-state index is 11.0. The van der Waals surface area contributed by atoms with E-state index in [4.69, 9.17) is 21.4 Å². The van der Waals surface area contributed by atoms with Gasteiger partial charge in [0.2, 0.25) is 0 Å². The Morgan fingerprint density at radius 3 is 3.06 bits per heavy atom. The predicted octanol–water partition coefficient (Wildman–Crippen LogP) is 1.93. The first kappa shape index (κ1) is 11.4. The summed E-state index contributed by atoms with van der Waals surface area (Å²) in [7, 11) is 0. The highest BCUT2D eigenvalue weighted by atomic mass is 35.5. The number of aromatic carboxylic acids is 1. The summed E-state index contributed by atoms with van der Waals surface area (Å²) in [4.78, 5) is 11.0. The van der Waals surface area contributed by atoms with Crippen LogP contribution in [-0.2, 0) is 4.74 Å². The van der Waals surface area contributed by atoms with Crippen molar-refractivity contribution in [1.82, 2.24) is 14.6 Å². The summed E-state index contributed by atoms with van der Waals surface area (Å²) in [5, 5.41) is 17.3. The van der Waals surface area contributed by atoms with Crippen molar-refractivity contribution in [2.24, 2.45) is 0 Å². The summed E-state index contributed by atoms with van der Waals surface area (Å²) in [5.74, 6) is -0.432. The molecule has 0 amide bonds. The van der Waals surface area contributed by atoms with Crippen LogP contribution in [0.15, 0.2) is 12.3 Å². The molecule has 1 fully saturated rings. The van der Waals surface area contributed by atoms with Gasteiger partial charge in [-0.3, -0.25) is 4.40 Å². The van der Waals surface area contributed by atoms with Gasteiger partial charge in [0, 0.05) is 12.8 Å². The molecule has 0 saturated carbocycles. The van der Waals surface area contributed by atoms with Gasteiger partial charge in [-0.2, -0.15) is 0 Å². The van der Waals surface area contributed by atoms with Crippen molar-refractivity contribution in [1.29, 1.82) is 0 Å². The summed E-state index contributed by atoms with van der Waals surface area (Å²) >= 11 is 6.00. The number of nitrogens with zero attached hydrogens (tertiary/aromatic N) is 3. The van der Waals surface area contributed by atoms with Crippen molar-refractivity contribution < 1.29 is 14.6 Å². The molecule has 1 N–H and O–H groups in total. The Kier molecular flexibility index (Phi) is 2.68. The molecule has 1 aliphatic rings. The topological polar surface area (TPSA) is 76.7 Å². The quantitative estimate of drug-likeness (QED) is 0.900. The van der Waals surface area contributed by atoms with Crippen LogP contribution in [0, 0.1) is 0 Å². The number of pyridine rings is 1. The zero-order valence-electron chi connectivity index (χ0n) is 9.34. The van der Waals surface area contributed by atoms with E-state index in [-0.39, 0.29) is 16.7 Å². The normalized spacial score (nSPS) is 19.5. The molecule has 2 aromatic heterocycles. The van der Waals surface area contributed by atoms with E-state index in [1.54, 1.807) is 4.40 Å². The van der Waals surface area contributed by atoms with Gasteiger partial charge >= 0.3 is 5.97 Å². The molecule has 1 atom stereocenters. The number of carboxylic acid groups (broad SMARTS) is 1. The van der Waals surface area contributed by atoms with Crippen LogP contribution in [0.1, 0.15) is 35.1 Å². The molecule has 0 bridgehead atoms. The minimum absolute atomic E-state index is 0.103. The molecule has 7 heteroatoms. The van der Waals surface area contributed by atoms with Gasteiger partial charge in [-0.1, -0.05) is 11.6 Å². The number of ether oxygens (including phenoxy) is 1. The van der Waals surface area contributed by atoms with Gasteiger partial charge in [0.1, 0.15) is 6.10 Å². The summed E-state index contributed by atoms with van der Waals surface area (Å²) in [6.07, 6.45) is 3.16. The van der Waals surface area contributed by atoms with Crippen molar-refractivity contribution in [3.8, 4) is 0 Å². The number of rotatable bonds is 2. The maximum absolute atomic E-state index is 11.0. The number of carboxylic acids is 1. The zero-order valence-corrected chi connectivity index (χ0v) is 10.1. The highest BCUT2D eigenvalue weighted by molar-refractivity contribution is 6.33. The van der Waals surface area contributed by atoms with Crippen LogP contribution in [0.4, 0.5) is 0 Å². The molecule has 0 aromatic carbocycles. The number of aromatic nitrogens is 3. The standard InChI is InChI=1S/C11H10ClN3O3/c12-7-4-6(11(16)17)5-15-9(7)13-14-10(15)8-2-1-3-18-8/h4-5,8H,1-3H2,(H,16,17). The smallest absolute Gasteiger partial charge is 0.337 e. The second kappa shape index (κ2) is 4.22. The molecule has 0 radical (unpaired) electrons. The molecule has 18 heavy (non-hydrogen) atoms. The number of hydrogen-bond acceptors (Lipinski definition) is 4. The average Bonchev–Trinajstić information content (AvgIpc) is 2.96. The summed E-state index contributed by atoms with van der Waals surface area (Å²) in [6, 6.07) is 1.37. The first-order valence-corrected chi connectivity index (χ1v) is 5.93. The lowest BCUT2D eigenvalue weighted by Gasteiger charge is -2.07. The first-order valence-electron chi connectivity index (χ1n) is 5.56. The van der Waals surface area contributed by atoms with Gasteiger partial charge in [0.15, 0.2) is 11.5 Å². The van der Waals surface area contributed by atoms with Crippen LogP contribution in [0.3, 0.4) is 0 Å². The highest BCUT2D eigenvalue weighted by Crippen LogP contribution is 2.29. The van der Waals surface area contributed by atoms with E-state index in [1.165, 1.54) is 12.3 Å². The van der Waals surface area contributed by atoms with Gasteiger partial charge in [-0.25, -0.2) is 4.79 Å². The first-order chi connectivity index (χ1) is 8.66. The van der Waals surface area contributed by atoms with Crippen LogP contribution < -0.4 is 0 Å². The maximum Gasteiger partial charge on any atom is 0.337 e. The fourth-order valence-corrected chi connectivity index (χ4v) is 2.34. The third-order valence-electron chi connectivity index (χ3n) is 2.95. The average molecular weight is 268 g/mol. The Morgan fingerprint density at radius 2 is 2.39 bits per heavy atom. The molecule has 1 unspecified atom stereocenters. The van der Waals surface area contributed by atoms with Gasteiger partial charge in [-0.15, -0.1) is 10.2 Å². The van der Waals surface area contributed by atoms with Crippen molar-refractivity contribution in [3.05, 3.63) is 28.7 Å². The van der Waals surface area contributed by atoms with E-state index < -0.39 is 5.97 Å². The third-order valence-corrected chi connectivity index (χ3v) is 3.23. The molecule has 6 nitrogen and oxygen atoms in total. The molecule has 3 heterocycles. The van der Waals surface area contributed by atoms with Crippen molar-refractivity contribution in [3.63, 3.8) is 0 Å². The van der Waals surface area contributed by atoms with Crippen LogP contribution >= 0.6 is 11.6 Å². The molecular weight excluding hydrogens is 258 g/mol. The Bertz CT molecular complexity index is 619. The Hall–Kier alpha value is -1.66. The van der Waals surface area contributed by atoms with E-state index in [2.05, 4.69) is 10.2 Å². The second-order valence-electron chi connectivity index (χ2n) is 4.14. The van der Waals surface area contributed by atoms with Crippen LogP contribution in [0.5, 0.6) is 0 Å². The van der Waals surface area contributed by atoms with Crippen molar-refractivity contribution >= 4 is 23.2 Å². The molecule has 0 spiro atoms. The molecular formula is C11H10ClN3O3. The molecule has 0 aliphatic carbocycles. The molecule has 3 rings (SSSR count). The van der Waals surface area contributed by atoms with E-state index in [1.807, 2.05) is 0 Å². The lowest BCUT2D eigenvalue weighted by atomic mass is 10.2. The second-order valence-corrected chi connectivity index (χ2v) is 4.54. The molecule has 94 valence electrons. The molecule has 1 aliphatic heterocycles. The fourth-order valence-electron chi connectivity index (χ4n) is 2.09. The number of hydrogen-bond donors (Lipinski definition) is 1. The van der Waals surface area contributed by atoms with E-state index in [0.717, 1.165) is 12.8 Å².